The van der Waals surface area contributed by atoms with Crippen molar-refractivity contribution in [3.05, 3.63) is 0 Å². The molecule has 2 atom stereocenters. The molecule has 0 rings (SSSR count). The number of rotatable bonds is 9. The van der Waals surface area contributed by atoms with Gasteiger partial charge in [0.15, 0.2) is 0 Å². The van der Waals surface area contributed by atoms with Crippen LogP contribution >= 0.6 is 0 Å². The highest BCUT2D eigenvalue weighted by Crippen LogP contribution is 2.22. The summed E-state index contributed by atoms with van der Waals surface area (Å²) in [4.78, 5) is 35.6. The first kappa shape index (κ1) is 19.9. The molecule has 0 amide bonds. The molecular formula is C14H22N2O6. The number of hydrogen-bond acceptors (Lipinski definition) is 8. The summed E-state index contributed by atoms with van der Waals surface area (Å²) in [6, 6.07) is 1.79. The number of unbranched alkanes of at least 4 members (excludes halogenated alkanes) is 1. The van der Waals surface area contributed by atoms with Crippen molar-refractivity contribution in [2.24, 2.45) is 11.7 Å². The normalized spacial score (nSPS) is 14.1. The van der Waals surface area contributed by atoms with Crippen molar-refractivity contribution in [2.75, 3.05) is 20.8 Å². The van der Waals surface area contributed by atoms with Crippen molar-refractivity contribution >= 4 is 17.9 Å². The molecule has 0 aromatic rings. The highest BCUT2D eigenvalue weighted by Gasteiger charge is 2.48. The van der Waals surface area contributed by atoms with Crippen molar-refractivity contribution < 1.29 is 28.6 Å². The third kappa shape index (κ3) is 5.33. The number of hydrogen-bond donors (Lipinski definition) is 1. The molecule has 0 aliphatic carbocycles. The van der Waals surface area contributed by atoms with Crippen LogP contribution in [0.1, 0.15) is 32.6 Å². The monoisotopic (exact) mass is 314 g/mol. The number of nitrogens with zero attached hydrogens (tertiary/aromatic N) is 1. The Hall–Kier alpha value is -2.14. The van der Waals surface area contributed by atoms with E-state index in [0.29, 0.717) is 6.42 Å². The Bertz CT molecular complexity index is 445. The van der Waals surface area contributed by atoms with E-state index in [1.54, 1.807) is 6.07 Å². The number of carbonyl (C=O) groups is 3. The molecule has 0 heterocycles. The molecule has 22 heavy (non-hydrogen) atoms. The van der Waals surface area contributed by atoms with Gasteiger partial charge in [-0.2, -0.15) is 5.26 Å². The molecule has 2 unspecified atom stereocenters. The topological polar surface area (TPSA) is 129 Å². The van der Waals surface area contributed by atoms with E-state index in [2.05, 4.69) is 9.47 Å². The van der Waals surface area contributed by atoms with E-state index in [4.69, 9.17) is 15.7 Å². The van der Waals surface area contributed by atoms with Crippen molar-refractivity contribution in [1.82, 2.24) is 0 Å². The molecule has 0 bridgehead atoms. The molecule has 0 aliphatic heterocycles. The molecule has 0 radical (unpaired) electrons. The summed E-state index contributed by atoms with van der Waals surface area (Å²) in [5.41, 5.74) is 3.68. The highest BCUT2D eigenvalue weighted by atomic mass is 16.6. The molecular weight excluding hydrogens is 292 g/mol. The molecule has 0 spiro atoms. The van der Waals surface area contributed by atoms with E-state index in [1.807, 2.05) is 6.92 Å². The summed E-state index contributed by atoms with van der Waals surface area (Å²) < 4.78 is 14.1. The fourth-order valence-electron chi connectivity index (χ4n) is 1.77. The maximum atomic E-state index is 12.1. The van der Waals surface area contributed by atoms with E-state index < -0.39 is 35.8 Å². The molecule has 2 N–H and O–H groups in total. The summed E-state index contributed by atoms with van der Waals surface area (Å²) in [7, 11) is 2.21. The summed E-state index contributed by atoms with van der Waals surface area (Å²) >= 11 is 0. The third-order valence-corrected chi connectivity index (χ3v) is 3.09. The summed E-state index contributed by atoms with van der Waals surface area (Å²) in [5.74, 6) is -3.78. The lowest BCUT2D eigenvalue weighted by Crippen LogP contribution is -2.58. The smallest absolute Gasteiger partial charge is 0.337 e. The summed E-state index contributed by atoms with van der Waals surface area (Å²) in [5, 5.41) is 8.75. The quantitative estimate of drug-likeness (QED) is 0.278. The predicted octanol–water partition coefficient (Wildman–Crippen LogP) is 0.293. The Kier molecular flexibility index (Phi) is 8.79. The Morgan fingerprint density at radius 2 is 1.86 bits per heavy atom. The van der Waals surface area contributed by atoms with Gasteiger partial charge in [0.2, 0.25) is 5.54 Å². The molecule has 8 nitrogen and oxygen atoms in total. The standard InChI is InChI=1S/C14H22N2O6/c1-4-5-8-22-13(19)14(16,12(18)21-3)9-10(6-7-15)11(17)20-2/h10H,4-6,8-9,16H2,1-3H3. The number of carbonyl (C=O) groups excluding carboxylic acids is 3. The second-order valence-corrected chi connectivity index (χ2v) is 4.74. The maximum absolute atomic E-state index is 12.1. The number of methoxy groups -OCH3 is 2. The molecule has 0 aliphatic rings. The molecule has 0 aromatic carbocycles. The number of nitriles is 1. The number of ether oxygens (including phenoxy) is 3. The molecule has 124 valence electrons. The van der Waals surface area contributed by atoms with Crippen LogP contribution in [0.3, 0.4) is 0 Å². The first-order valence-corrected chi connectivity index (χ1v) is 6.86. The Labute approximate surface area is 129 Å². The van der Waals surface area contributed by atoms with Crippen LogP contribution in [0.2, 0.25) is 0 Å². The minimum atomic E-state index is -2.15. The zero-order chi connectivity index (χ0) is 17.2. The second-order valence-electron chi connectivity index (χ2n) is 4.74. The van der Waals surface area contributed by atoms with Crippen LogP contribution in [0.5, 0.6) is 0 Å². The van der Waals surface area contributed by atoms with Gasteiger partial charge in [0.25, 0.3) is 0 Å². The largest absolute Gasteiger partial charge is 0.469 e. The van der Waals surface area contributed by atoms with Crippen LogP contribution in [0, 0.1) is 17.2 Å². The Morgan fingerprint density at radius 1 is 1.23 bits per heavy atom. The first-order valence-electron chi connectivity index (χ1n) is 6.86. The van der Waals surface area contributed by atoms with Crippen molar-refractivity contribution in [1.29, 1.82) is 5.26 Å². The SMILES string of the molecule is CCCCOC(=O)C(N)(CC(CC#N)C(=O)OC)C(=O)OC. The summed E-state index contributed by atoms with van der Waals surface area (Å²) in [6.45, 7) is 2.01. The van der Waals surface area contributed by atoms with Gasteiger partial charge in [-0.1, -0.05) is 13.3 Å². The molecule has 0 saturated heterocycles. The van der Waals surface area contributed by atoms with Crippen LogP contribution in [0.4, 0.5) is 0 Å². The molecule has 0 saturated carbocycles. The predicted molar refractivity (Wildman–Crippen MR) is 75.2 cm³/mol. The van der Waals surface area contributed by atoms with E-state index in [-0.39, 0.29) is 13.0 Å². The maximum Gasteiger partial charge on any atom is 0.337 e. The molecule has 0 aromatic heterocycles. The van der Waals surface area contributed by atoms with Gasteiger partial charge in [-0.15, -0.1) is 0 Å². The van der Waals surface area contributed by atoms with Gasteiger partial charge in [0.1, 0.15) is 0 Å². The minimum absolute atomic E-state index is 0.104. The van der Waals surface area contributed by atoms with Gasteiger partial charge in [-0.3, -0.25) is 4.79 Å². The lowest BCUT2D eigenvalue weighted by atomic mass is 9.86. The van der Waals surface area contributed by atoms with E-state index in [1.165, 1.54) is 0 Å². The van der Waals surface area contributed by atoms with Gasteiger partial charge < -0.3 is 19.9 Å². The van der Waals surface area contributed by atoms with Gasteiger partial charge in [-0.05, 0) is 6.42 Å². The van der Waals surface area contributed by atoms with Crippen LogP contribution in [0.15, 0.2) is 0 Å². The third-order valence-electron chi connectivity index (χ3n) is 3.09. The highest BCUT2D eigenvalue weighted by molar-refractivity contribution is 6.05. The fourth-order valence-corrected chi connectivity index (χ4v) is 1.77. The van der Waals surface area contributed by atoms with E-state index in [0.717, 1.165) is 20.6 Å². The van der Waals surface area contributed by atoms with Crippen LogP contribution in [-0.4, -0.2) is 44.3 Å². The van der Waals surface area contributed by atoms with Crippen molar-refractivity contribution in [2.45, 2.75) is 38.1 Å². The average Bonchev–Trinajstić information content (AvgIpc) is 2.52. The van der Waals surface area contributed by atoms with E-state index >= 15 is 0 Å². The van der Waals surface area contributed by atoms with Gasteiger partial charge in [0.05, 0.1) is 32.8 Å². The number of esters is 3. The lowest BCUT2D eigenvalue weighted by Gasteiger charge is -2.26. The average molecular weight is 314 g/mol. The lowest BCUT2D eigenvalue weighted by molar-refractivity contribution is -0.165. The zero-order valence-electron chi connectivity index (χ0n) is 13.1. The Balaban J connectivity index is 5.24. The van der Waals surface area contributed by atoms with Gasteiger partial charge >= 0.3 is 17.9 Å². The van der Waals surface area contributed by atoms with Crippen molar-refractivity contribution in [3.8, 4) is 6.07 Å². The first-order chi connectivity index (χ1) is 10.4. The van der Waals surface area contributed by atoms with Crippen LogP contribution in [0.25, 0.3) is 0 Å². The van der Waals surface area contributed by atoms with Crippen LogP contribution < -0.4 is 5.73 Å². The van der Waals surface area contributed by atoms with Crippen LogP contribution in [-0.2, 0) is 28.6 Å². The fraction of sp³-hybridized carbons (Fsp3) is 0.714. The van der Waals surface area contributed by atoms with Crippen molar-refractivity contribution in [3.63, 3.8) is 0 Å². The van der Waals surface area contributed by atoms with E-state index in [9.17, 15) is 14.4 Å². The summed E-state index contributed by atoms with van der Waals surface area (Å²) in [6.07, 6.45) is 0.736. The van der Waals surface area contributed by atoms with Gasteiger partial charge in [0, 0.05) is 12.8 Å². The minimum Gasteiger partial charge on any atom is -0.469 e. The number of nitrogens with two attached hydrogens (primary N) is 1. The Morgan fingerprint density at radius 3 is 2.32 bits per heavy atom. The molecule has 8 heteroatoms. The molecule has 0 fully saturated rings. The van der Waals surface area contributed by atoms with Gasteiger partial charge in [-0.25, -0.2) is 9.59 Å². The zero-order valence-corrected chi connectivity index (χ0v) is 13.1. The second kappa shape index (κ2) is 9.73.